The number of hydrogen-bond acceptors (Lipinski definition) is 4. The third-order valence-electron chi connectivity index (χ3n) is 8.50. The normalized spacial score (nSPS) is 29.9. The second kappa shape index (κ2) is 8.62. The lowest BCUT2D eigenvalue weighted by molar-refractivity contribution is -0.258. The average molecular weight is 677 g/mol. The minimum atomic E-state index is -5.54. The minimum absolute atomic E-state index is 0.111. The predicted molar refractivity (Wildman–Crippen MR) is 171 cm³/mol. The Hall–Kier alpha value is -0.926. The van der Waals surface area contributed by atoms with Crippen molar-refractivity contribution < 1.29 is 26.3 Å². The van der Waals surface area contributed by atoms with Crippen LogP contribution in [0.1, 0.15) is 23.6 Å². The second-order valence-electron chi connectivity index (χ2n) is 13.4. The fourth-order valence-corrected chi connectivity index (χ4v) is 15.0. The summed E-state index contributed by atoms with van der Waals surface area (Å²) in [6.45, 7) is 16.7. The summed E-state index contributed by atoms with van der Waals surface area (Å²) < 4.78 is 92.7. The van der Waals surface area contributed by atoms with Crippen molar-refractivity contribution in [1.29, 1.82) is 0 Å². The molecule has 0 N–H and O–H groups in total. The van der Waals surface area contributed by atoms with E-state index in [1.54, 1.807) is 36.5 Å². The van der Waals surface area contributed by atoms with E-state index in [1.807, 2.05) is 24.3 Å². The van der Waals surface area contributed by atoms with Crippen molar-refractivity contribution in [3.63, 3.8) is 0 Å². The van der Waals surface area contributed by atoms with Gasteiger partial charge >= 0.3 is 17.8 Å². The summed E-state index contributed by atoms with van der Waals surface area (Å²) in [6, 6.07) is 7.95. The number of alkyl halides is 6. The summed E-state index contributed by atoms with van der Waals surface area (Å²) in [7, 11) is -3.32. The molecule has 0 nitrogen and oxygen atoms in total. The lowest BCUT2D eigenvalue weighted by Crippen LogP contribution is -2.48. The molecule has 0 radical (unpaired) electrons. The molecule has 12 heteroatoms. The lowest BCUT2D eigenvalue weighted by Gasteiger charge is -2.47. The summed E-state index contributed by atoms with van der Waals surface area (Å²) in [4.78, 5) is 3.01. The van der Waals surface area contributed by atoms with Crippen molar-refractivity contribution in [2.45, 2.75) is 80.4 Å². The van der Waals surface area contributed by atoms with E-state index in [0.29, 0.717) is 9.81 Å². The van der Waals surface area contributed by atoms with Crippen LogP contribution >= 0.6 is 46.2 Å². The Kier molecular flexibility index (Phi) is 6.33. The van der Waals surface area contributed by atoms with Crippen LogP contribution in [0.15, 0.2) is 58.7 Å². The van der Waals surface area contributed by atoms with Crippen LogP contribution in [-0.4, -0.2) is 43.4 Å². The third-order valence-corrected chi connectivity index (χ3v) is 21.5. The van der Waals surface area contributed by atoms with Gasteiger partial charge in [0, 0.05) is 30.7 Å². The van der Waals surface area contributed by atoms with Gasteiger partial charge in [-0.1, -0.05) is 51.4 Å². The first kappa shape index (κ1) is 30.1. The van der Waals surface area contributed by atoms with Crippen molar-refractivity contribution >= 4 is 81.2 Å². The van der Waals surface area contributed by atoms with Gasteiger partial charge in [-0.15, -0.1) is 46.2 Å². The number of thiophene rings is 2. The van der Waals surface area contributed by atoms with Crippen LogP contribution in [0.5, 0.6) is 0 Å². The molecule has 2 atom stereocenters. The zero-order chi connectivity index (χ0) is 30.3. The van der Waals surface area contributed by atoms with Gasteiger partial charge in [0.25, 0.3) is 0 Å². The van der Waals surface area contributed by atoms with Crippen molar-refractivity contribution in [2.24, 2.45) is 0 Å². The first-order valence-corrected chi connectivity index (χ1v) is 23.5. The highest BCUT2D eigenvalue weighted by Crippen LogP contribution is 2.75. The van der Waals surface area contributed by atoms with Crippen molar-refractivity contribution in [2.75, 3.05) is 0 Å². The van der Waals surface area contributed by atoms with Crippen LogP contribution in [0, 0.1) is 0 Å². The third kappa shape index (κ3) is 3.85. The van der Waals surface area contributed by atoms with Gasteiger partial charge in [-0.2, -0.15) is 26.3 Å². The van der Waals surface area contributed by atoms with Gasteiger partial charge in [0.1, 0.15) is 0 Å². The smallest absolute Gasteiger partial charge is 0.194 e. The van der Waals surface area contributed by atoms with Crippen LogP contribution in [0.3, 0.4) is 0 Å². The van der Waals surface area contributed by atoms with Crippen LogP contribution in [0.2, 0.25) is 39.3 Å². The van der Waals surface area contributed by atoms with Crippen molar-refractivity contribution in [3.8, 4) is 0 Å². The van der Waals surface area contributed by atoms with Crippen molar-refractivity contribution in [3.05, 3.63) is 68.5 Å². The van der Waals surface area contributed by atoms with E-state index in [-0.39, 0.29) is 11.1 Å². The molecular formula is C29H30F6S4Si2. The van der Waals surface area contributed by atoms with Gasteiger partial charge in [0.15, 0.2) is 0 Å². The molecule has 0 unspecified atom stereocenters. The molecule has 220 valence electrons. The van der Waals surface area contributed by atoms with Gasteiger partial charge in [-0.25, -0.2) is 0 Å². The number of allylic oxidation sites excluding steroid dienone is 4. The maximum atomic E-state index is 15.6. The number of hydrogen-bond donors (Lipinski definition) is 0. The molecule has 1 saturated carbocycles. The van der Waals surface area contributed by atoms with E-state index < -0.39 is 54.6 Å². The standard InChI is InChI=1S/C29H30F6S4Si2/c1-25-15(13-19(38-25)17-9-11-21(36-17)40(3,4)5)23-24(28(32,33)29(34,35)27(23,30)31)16-14-20(39-26(16,25)2)18-10-12-22(37-18)41(6,7)8/h9-14H,1-8H3/t25-,26-/m1/s1. The molecule has 1 fully saturated rings. The second-order valence-corrected chi connectivity index (χ2v) is 29.3. The molecule has 0 bridgehead atoms. The topological polar surface area (TPSA) is 0 Å². The quantitative estimate of drug-likeness (QED) is 0.234. The Bertz CT molecular complexity index is 1510. The van der Waals surface area contributed by atoms with E-state index in [2.05, 4.69) is 39.3 Å². The Morgan fingerprint density at radius 3 is 1.20 bits per heavy atom. The van der Waals surface area contributed by atoms with Gasteiger partial charge in [0.05, 0.1) is 25.6 Å². The fraction of sp³-hybridized carbons (Fsp3) is 0.448. The van der Waals surface area contributed by atoms with Crippen molar-refractivity contribution in [1.82, 2.24) is 0 Å². The van der Waals surface area contributed by atoms with E-state index >= 15 is 26.3 Å². The summed E-state index contributed by atoms with van der Waals surface area (Å²) in [5, 5.41) is 0. The summed E-state index contributed by atoms with van der Waals surface area (Å²) in [5.74, 6) is -15.6. The molecular weight excluding hydrogens is 647 g/mol. The molecule has 0 amide bonds. The zero-order valence-corrected chi connectivity index (χ0v) is 29.1. The highest BCUT2D eigenvalue weighted by atomic mass is 32.2. The molecule has 4 heterocycles. The Balaban J connectivity index is 1.59. The molecule has 2 aromatic rings. The Morgan fingerprint density at radius 1 is 0.561 bits per heavy atom. The molecule has 6 rings (SSSR count). The largest absolute Gasteiger partial charge is 0.380 e. The van der Waals surface area contributed by atoms with E-state index in [9.17, 15) is 0 Å². The maximum Gasteiger partial charge on any atom is 0.380 e. The predicted octanol–water partition coefficient (Wildman–Crippen LogP) is 9.82. The average Bonchev–Trinajstić information content (AvgIpc) is 3.61. The SMILES string of the molecule is C[C@@]12SC(c3ccc([Si](C)(C)C)s3)=CC1=C1C(=C3C=C(c4ccc([Si](C)(C)C)s4)S[C@]32C)C(F)(F)C(F)(F)C1(F)F. The Labute approximate surface area is 255 Å². The number of halogens is 6. The molecule has 0 saturated heterocycles. The summed E-state index contributed by atoms with van der Waals surface area (Å²) in [5.41, 5.74) is -2.61. The Morgan fingerprint density at radius 2 is 0.902 bits per heavy atom. The molecule has 4 aliphatic rings. The molecule has 41 heavy (non-hydrogen) atoms. The van der Waals surface area contributed by atoms with Crippen LogP contribution in [0.4, 0.5) is 26.3 Å². The van der Waals surface area contributed by atoms with Gasteiger partial charge in [-0.3, -0.25) is 0 Å². The van der Waals surface area contributed by atoms with Crippen LogP contribution in [-0.2, 0) is 0 Å². The first-order valence-electron chi connectivity index (χ1n) is 13.2. The van der Waals surface area contributed by atoms with Gasteiger partial charge in [0.2, 0.25) is 0 Å². The maximum absolute atomic E-state index is 15.6. The molecule has 0 aromatic carbocycles. The van der Waals surface area contributed by atoms with E-state index in [0.717, 1.165) is 9.75 Å². The molecule has 2 aliphatic heterocycles. The lowest BCUT2D eigenvalue weighted by atomic mass is 9.71. The highest BCUT2D eigenvalue weighted by molar-refractivity contribution is 8.14. The summed E-state index contributed by atoms with van der Waals surface area (Å²) >= 11 is 5.81. The number of fused-ring (bicyclic) bond motifs is 4. The van der Waals surface area contributed by atoms with Gasteiger partial charge < -0.3 is 0 Å². The van der Waals surface area contributed by atoms with E-state index in [4.69, 9.17) is 0 Å². The van der Waals surface area contributed by atoms with E-state index in [1.165, 1.54) is 44.7 Å². The fourth-order valence-electron chi connectivity index (χ4n) is 5.90. The first-order chi connectivity index (χ1) is 18.6. The monoisotopic (exact) mass is 676 g/mol. The van der Waals surface area contributed by atoms with Crippen LogP contribution < -0.4 is 9.00 Å². The highest BCUT2D eigenvalue weighted by Gasteiger charge is 2.84. The molecule has 0 spiro atoms. The van der Waals surface area contributed by atoms with Gasteiger partial charge in [-0.05, 0) is 58.3 Å². The summed E-state index contributed by atoms with van der Waals surface area (Å²) in [6.07, 6.45) is 2.97. The number of rotatable bonds is 4. The minimum Gasteiger partial charge on any atom is -0.194 e. The number of thioether (sulfide) groups is 2. The van der Waals surface area contributed by atoms with Crippen LogP contribution in [0.25, 0.3) is 9.81 Å². The molecule has 2 aliphatic carbocycles. The molecule has 2 aromatic heterocycles. The zero-order valence-electron chi connectivity index (χ0n) is 23.9.